The van der Waals surface area contributed by atoms with E-state index in [1.807, 2.05) is 13.8 Å². The molecule has 0 unspecified atom stereocenters. The molecule has 3 nitrogen and oxygen atoms in total. The van der Waals surface area contributed by atoms with Crippen LogP contribution >= 0.6 is 0 Å². The Morgan fingerprint density at radius 3 is 2.50 bits per heavy atom. The standard InChI is InChI=1S/C12H14F3NO2/c1-7(2)6-18-11(17)9-5-8(12(13,14)15)3-4-10(9)16/h3-5,7H,6,16H2,1-2H3. The predicted octanol–water partition coefficient (Wildman–Crippen LogP) is 3.10. The third-order valence-corrected chi connectivity index (χ3v) is 2.15. The Kier molecular flexibility index (Phi) is 4.21. The van der Waals surface area contributed by atoms with Gasteiger partial charge in [0, 0.05) is 5.69 Å². The molecule has 0 saturated heterocycles. The lowest BCUT2D eigenvalue weighted by atomic mass is 10.1. The molecular formula is C12H14F3NO2. The van der Waals surface area contributed by atoms with Gasteiger partial charge < -0.3 is 10.5 Å². The van der Waals surface area contributed by atoms with Crippen LogP contribution in [0.1, 0.15) is 29.8 Å². The van der Waals surface area contributed by atoms with Crippen LogP contribution in [0.4, 0.5) is 18.9 Å². The highest BCUT2D eigenvalue weighted by molar-refractivity contribution is 5.95. The second kappa shape index (κ2) is 5.29. The van der Waals surface area contributed by atoms with Crippen molar-refractivity contribution in [1.29, 1.82) is 0 Å². The summed E-state index contributed by atoms with van der Waals surface area (Å²) in [5, 5.41) is 0. The molecule has 6 heteroatoms. The van der Waals surface area contributed by atoms with Gasteiger partial charge in [-0.3, -0.25) is 0 Å². The molecule has 0 aliphatic rings. The summed E-state index contributed by atoms with van der Waals surface area (Å²) >= 11 is 0. The first-order chi connectivity index (χ1) is 8.21. The minimum absolute atomic E-state index is 0.0308. The quantitative estimate of drug-likeness (QED) is 0.672. The van der Waals surface area contributed by atoms with Crippen LogP contribution in [-0.4, -0.2) is 12.6 Å². The van der Waals surface area contributed by atoms with Gasteiger partial charge in [0.2, 0.25) is 0 Å². The van der Waals surface area contributed by atoms with Crippen LogP contribution in [-0.2, 0) is 10.9 Å². The molecule has 0 heterocycles. The molecule has 0 aromatic heterocycles. The molecule has 0 fully saturated rings. The summed E-state index contributed by atoms with van der Waals surface area (Å²) in [7, 11) is 0. The molecule has 1 aromatic rings. The van der Waals surface area contributed by atoms with E-state index in [-0.39, 0.29) is 23.8 Å². The van der Waals surface area contributed by atoms with Gasteiger partial charge in [-0.05, 0) is 24.1 Å². The molecule has 0 bridgehead atoms. The number of halogens is 3. The average molecular weight is 261 g/mol. The first kappa shape index (κ1) is 14.3. The summed E-state index contributed by atoms with van der Waals surface area (Å²) in [6.45, 7) is 3.78. The van der Waals surface area contributed by atoms with Crippen molar-refractivity contribution in [3.8, 4) is 0 Å². The van der Waals surface area contributed by atoms with Gasteiger partial charge in [-0.1, -0.05) is 13.8 Å². The van der Waals surface area contributed by atoms with Gasteiger partial charge in [-0.25, -0.2) is 4.79 Å². The number of carbonyl (C=O) groups is 1. The third kappa shape index (κ3) is 3.65. The zero-order valence-corrected chi connectivity index (χ0v) is 10.0. The maximum absolute atomic E-state index is 12.5. The first-order valence-electron chi connectivity index (χ1n) is 5.35. The zero-order valence-electron chi connectivity index (χ0n) is 10.0. The largest absolute Gasteiger partial charge is 0.462 e. The highest BCUT2D eigenvalue weighted by Gasteiger charge is 2.31. The van der Waals surface area contributed by atoms with Crippen LogP contribution in [0.25, 0.3) is 0 Å². The maximum atomic E-state index is 12.5. The topological polar surface area (TPSA) is 52.3 Å². The molecule has 0 amide bonds. The van der Waals surface area contributed by atoms with Crippen LogP contribution in [0.15, 0.2) is 18.2 Å². The fourth-order valence-corrected chi connectivity index (χ4v) is 1.23. The van der Waals surface area contributed by atoms with Crippen molar-refractivity contribution in [3.05, 3.63) is 29.3 Å². The predicted molar refractivity (Wildman–Crippen MR) is 61.0 cm³/mol. The number of rotatable bonds is 3. The van der Waals surface area contributed by atoms with Gasteiger partial charge in [0.25, 0.3) is 0 Å². The lowest BCUT2D eigenvalue weighted by molar-refractivity contribution is -0.137. The summed E-state index contributed by atoms with van der Waals surface area (Å²) in [4.78, 5) is 11.6. The number of hydrogen-bond acceptors (Lipinski definition) is 3. The summed E-state index contributed by atoms with van der Waals surface area (Å²) < 4.78 is 42.3. The van der Waals surface area contributed by atoms with E-state index in [1.54, 1.807) is 0 Å². The Hall–Kier alpha value is -1.72. The van der Waals surface area contributed by atoms with Gasteiger partial charge in [-0.15, -0.1) is 0 Å². The molecule has 1 rings (SSSR count). The molecule has 0 aliphatic heterocycles. The fourth-order valence-electron chi connectivity index (χ4n) is 1.23. The number of ether oxygens (including phenoxy) is 1. The molecule has 100 valence electrons. The number of hydrogen-bond donors (Lipinski definition) is 1. The fraction of sp³-hybridized carbons (Fsp3) is 0.417. The molecular weight excluding hydrogens is 247 g/mol. The number of anilines is 1. The highest BCUT2D eigenvalue weighted by Crippen LogP contribution is 2.31. The SMILES string of the molecule is CC(C)COC(=O)c1cc(C(F)(F)F)ccc1N. The van der Waals surface area contributed by atoms with Gasteiger partial charge in [-0.2, -0.15) is 13.2 Å². The van der Waals surface area contributed by atoms with Crippen molar-refractivity contribution in [1.82, 2.24) is 0 Å². The Bertz CT molecular complexity index is 441. The van der Waals surface area contributed by atoms with Crippen LogP contribution in [0.2, 0.25) is 0 Å². The Morgan fingerprint density at radius 2 is 2.00 bits per heavy atom. The van der Waals surface area contributed by atoms with E-state index in [1.165, 1.54) is 0 Å². The second-order valence-electron chi connectivity index (χ2n) is 4.29. The number of nitrogen functional groups attached to an aromatic ring is 1. The smallest absolute Gasteiger partial charge is 0.416 e. The lowest BCUT2D eigenvalue weighted by Crippen LogP contribution is -2.14. The minimum Gasteiger partial charge on any atom is -0.462 e. The van der Waals surface area contributed by atoms with Crippen LogP contribution < -0.4 is 5.73 Å². The zero-order chi connectivity index (χ0) is 13.9. The van der Waals surface area contributed by atoms with Crippen molar-refractivity contribution >= 4 is 11.7 Å². The lowest BCUT2D eigenvalue weighted by Gasteiger charge is -2.12. The van der Waals surface area contributed by atoms with Crippen LogP contribution in [0, 0.1) is 5.92 Å². The van der Waals surface area contributed by atoms with Gasteiger partial charge in [0.05, 0.1) is 17.7 Å². The van der Waals surface area contributed by atoms with Crippen molar-refractivity contribution in [3.63, 3.8) is 0 Å². The molecule has 0 saturated carbocycles. The van der Waals surface area contributed by atoms with Gasteiger partial charge in [0.1, 0.15) is 0 Å². The monoisotopic (exact) mass is 261 g/mol. The van der Waals surface area contributed by atoms with Crippen molar-refractivity contribution in [2.45, 2.75) is 20.0 Å². The van der Waals surface area contributed by atoms with E-state index < -0.39 is 17.7 Å². The Labute approximate surface area is 103 Å². The van der Waals surface area contributed by atoms with E-state index >= 15 is 0 Å². The number of esters is 1. The Morgan fingerprint density at radius 1 is 1.39 bits per heavy atom. The van der Waals surface area contributed by atoms with Crippen LogP contribution in [0.3, 0.4) is 0 Å². The molecule has 18 heavy (non-hydrogen) atoms. The average Bonchev–Trinajstić information content (AvgIpc) is 2.24. The number of benzene rings is 1. The maximum Gasteiger partial charge on any atom is 0.416 e. The van der Waals surface area contributed by atoms with E-state index in [4.69, 9.17) is 10.5 Å². The minimum atomic E-state index is -4.51. The first-order valence-corrected chi connectivity index (χ1v) is 5.35. The molecule has 0 atom stereocenters. The Balaban J connectivity index is 2.97. The summed E-state index contributed by atoms with van der Waals surface area (Å²) in [6, 6.07) is 2.58. The molecule has 2 N–H and O–H groups in total. The van der Waals surface area contributed by atoms with Crippen molar-refractivity contribution < 1.29 is 22.7 Å². The second-order valence-corrected chi connectivity index (χ2v) is 4.29. The number of alkyl halides is 3. The molecule has 0 spiro atoms. The molecule has 0 aliphatic carbocycles. The van der Waals surface area contributed by atoms with Gasteiger partial charge >= 0.3 is 12.1 Å². The van der Waals surface area contributed by atoms with Gasteiger partial charge in [0.15, 0.2) is 0 Å². The summed E-state index contributed by atoms with van der Waals surface area (Å²) in [5.74, 6) is -0.742. The molecule has 0 radical (unpaired) electrons. The van der Waals surface area contributed by atoms with E-state index in [0.29, 0.717) is 6.07 Å². The normalized spacial score (nSPS) is 11.7. The summed E-state index contributed by atoms with van der Waals surface area (Å²) in [5.41, 5.74) is 4.26. The highest BCUT2D eigenvalue weighted by atomic mass is 19.4. The number of nitrogens with two attached hydrogens (primary N) is 1. The summed E-state index contributed by atoms with van der Waals surface area (Å²) in [6.07, 6.45) is -4.51. The number of carbonyl (C=O) groups excluding carboxylic acids is 1. The molecule has 1 aromatic carbocycles. The van der Waals surface area contributed by atoms with E-state index in [0.717, 1.165) is 12.1 Å². The third-order valence-electron chi connectivity index (χ3n) is 2.15. The van der Waals surface area contributed by atoms with Crippen LogP contribution in [0.5, 0.6) is 0 Å². The van der Waals surface area contributed by atoms with E-state index in [2.05, 4.69) is 0 Å². The van der Waals surface area contributed by atoms with Crippen molar-refractivity contribution in [2.75, 3.05) is 12.3 Å². The van der Waals surface area contributed by atoms with Crippen molar-refractivity contribution in [2.24, 2.45) is 5.92 Å². The van der Waals surface area contributed by atoms with E-state index in [9.17, 15) is 18.0 Å².